The standard InChI is InChI=1S/C21H20N4O3/c1-13(2)25-18(8-10-23-25)20-15(5-4-9-22-20)12-27-19-7-6-17-21(16(19)11-26)28-14(3)24-17/h4-11,13H,12H2,1-3H3. The molecule has 0 amide bonds. The molecule has 0 saturated heterocycles. The minimum Gasteiger partial charge on any atom is -0.488 e. The number of fused-ring (bicyclic) bond motifs is 1. The molecule has 4 rings (SSSR count). The van der Waals surface area contributed by atoms with Crippen LogP contribution in [-0.2, 0) is 6.61 Å². The summed E-state index contributed by atoms with van der Waals surface area (Å²) in [5, 5.41) is 4.39. The Balaban J connectivity index is 1.67. The summed E-state index contributed by atoms with van der Waals surface area (Å²) in [4.78, 5) is 20.4. The van der Waals surface area contributed by atoms with Crippen molar-refractivity contribution in [1.29, 1.82) is 0 Å². The van der Waals surface area contributed by atoms with E-state index in [2.05, 4.69) is 28.9 Å². The van der Waals surface area contributed by atoms with Gasteiger partial charge in [0, 0.05) is 30.9 Å². The third-order valence-corrected chi connectivity index (χ3v) is 4.46. The Morgan fingerprint density at radius 3 is 2.86 bits per heavy atom. The van der Waals surface area contributed by atoms with Gasteiger partial charge in [-0.1, -0.05) is 6.07 Å². The van der Waals surface area contributed by atoms with Crippen molar-refractivity contribution in [3.8, 4) is 17.1 Å². The number of carbonyl (C=O) groups is 1. The second-order valence-corrected chi connectivity index (χ2v) is 6.73. The van der Waals surface area contributed by atoms with Crippen molar-refractivity contribution in [2.24, 2.45) is 0 Å². The number of rotatable bonds is 6. The first-order chi connectivity index (χ1) is 13.6. The number of carbonyl (C=O) groups excluding carboxylic acids is 1. The summed E-state index contributed by atoms with van der Waals surface area (Å²) in [6, 6.07) is 9.49. The number of hydrogen-bond acceptors (Lipinski definition) is 6. The number of aromatic nitrogens is 4. The van der Waals surface area contributed by atoms with E-state index in [4.69, 9.17) is 9.15 Å². The molecule has 7 nitrogen and oxygen atoms in total. The fraction of sp³-hybridized carbons (Fsp3) is 0.238. The fourth-order valence-corrected chi connectivity index (χ4v) is 3.20. The predicted octanol–water partition coefficient (Wildman–Crippen LogP) is 4.37. The van der Waals surface area contributed by atoms with Crippen molar-refractivity contribution in [3.63, 3.8) is 0 Å². The topological polar surface area (TPSA) is 83.0 Å². The molecule has 0 aliphatic heterocycles. The van der Waals surface area contributed by atoms with Gasteiger partial charge in [0.05, 0.1) is 11.4 Å². The van der Waals surface area contributed by atoms with E-state index in [0.717, 1.165) is 23.2 Å². The number of aryl methyl sites for hydroxylation is 1. The van der Waals surface area contributed by atoms with Crippen LogP contribution in [0.15, 0.2) is 47.1 Å². The second-order valence-electron chi connectivity index (χ2n) is 6.73. The van der Waals surface area contributed by atoms with Crippen molar-refractivity contribution in [3.05, 3.63) is 59.7 Å². The van der Waals surface area contributed by atoms with Gasteiger partial charge < -0.3 is 9.15 Å². The Morgan fingerprint density at radius 2 is 2.07 bits per heavy atom. The molecule has 3 aromatic heterocycles. The number of oxazole rings is 1. The third kappa shape index (κ3) is 3.15. The second kappa shape index (κ2) is 7.26. The smallest absolute Gasteiger partial charge is 0.192 e. The minimum atomic E-state index is 0.208. The highest BCUT2D eigenvalue weighted by Crippen LogP contribution is 2.29. The number of aldehydes is 1. The lowest BCUT2D eigenvalue weighted by Gasteiger charge is -2.14. The first kappa shape index (κ1) is 17.9. The van der Waals surface area contributed by atoms with Gasteiger partial charge in [0.15, 0.2) is 17.8 Å². The fourth-order valence-electron chi connectivity index (χ4n) is 3.20. The molecule has 0 saturated carbocycles. The van der Waals surface area contributed by atoms with Crippen molar-refractivity contribution in [1.82, 2.24) is 19.7 Å². The molecule has 7 heteroatoms. The SMILES string of the molecule is Cc1nc2ccc(OCc3cccnc3-c3ccnn3C(C)C)c(C=O)c2o1. The highest BCUT2D eigenvalue weighted by molar-refractivity contribution is 5.96. The number of hydrogen-bond donors (Lipinski definition) is 0. The molecular weight excluding hydrogens is 356 g/mol. The van der Waals surface area contributed by atoms with Gasteiger partial charge >= 0.3 is 0 Å². The van der Waals surface area contributed by atoms with Crippen molar-refractivity contribution >= 4 is 17.4 Å². The van der Waals surface area contributed by atoms with Gasteiger partial charge in [0.2, 0.25) is 0 Å². The van der Waals surface area contributed by atoms with E-state index in [0.29, 0.717) is 28.3 Å². The molecule has 3 heterocycles. The van der Waals surface area contributed by atoms with Gasteiger partial charge in [-0.15, -0.1) is 0 Å². The molecule has 4 aromatic rings. The van der Waals surface area contributed by atoms with Gasteiger partial charge in [-0.2, -0.15) is 5.10 Å². The molecule has 0 fully saturated rings. The van der Waals surface area contributed by atoms with Crippen molar-refractivity contribution < 1.29 is 13.9 Å². The summed E-state index contributed by atoms with van der Waals surface area (Å²) in [6.07, 6.45) is 4.25. The van der Waals surface area contributed by atoms with Gasteiger partial charge in [-0.3, -0.25) is 14.5 Å². The molecule has 0 unspecified atom stereocenters. The molecule has 0 aliphatic carbocycles. The van der Waals surface area contributed by atoms with Gasteiger partial charge in [0.1, 0.15) is 23.4 Å². The molecule has 142 valence electrons. The Kier molecular flexibility index (Phi) is 4.65. The average Bonchev–Trinajstić information content (AvgIpc) is 3.32. The summed E-state index contributed by atoms with van der Waals surface area (Å²) in [6.45, 7) is 6.14. The van der Waals surface area contributed by atoms with E-state index in [1.807, 2.05) is 22.9 Å². The van der Waals surface area contributed by atoms with Crippen LogP contribution in [0.1, 0.15) is 41.7 Å². The molecule has 28 heavy (non-hydrogen) atoms. The number of ether oxygens (including phenoxy) is 1. The maximum Gasteiger partial charge on any atom is 0.192 e. The lowest BCUT2D eigenvalue weighted by Crippen LogP contribution is -2.08. The van der Waals surface area contributed by atoms with Crippen LogP contribution in [0.25, 0.3) is 22.5 Å². The van der Waals surface area contributed by atoms with Crippen molar-refractivity contribution in [2.75, 3.05) is 0 Å². The van der Waals surface area contributed by atoms with Crippen LogP contribution in [0.4, 0.5) is 0 Å². The monoisotopic (exact) mass is 376 g/mol. The first-order valence-electron chi connectivity index (χ1n) is 9.04. The number of benzene rings is 1. The van der Waals surface area contributed by atoms with E-state index in [1.165, 1.54) is 0 Å². The van der Waals surface area contributed by atoms with Gasteiger partial charge in [-0.25, -0.2) is 4.98 Å². The minimum absolute atomic E-state index is 0.208. The molecule has 0 aliphatic rings. The average molecular weight is 376 g/mol. The zero-order valence-electron chi connectivity index (χ0n) is 15.9. The number of nitrogens with zero attached hydrogens (tertiary/aromatic N) is 4. The molecule has 1 aromatic carbocycles. The summed E-state index contributed by atoms with van der Waals surface area (Å²) in [7, 11) is 0. The van der Waals surface area contributed by atoms with Crippen LogP contribution < -0.4 is 4.74 Å². The van der Waals surface area contributed by atoms with E-state index in [1.54, 1.807) is 31.5 Å². The van der Waals surface area contributed by atoms with E-state index >= 15 is 0 Å². The summed E-state index contributed by atoms with van der Waals surface area (Å²) in [5.74, 6) is 0.956. The Bertz CT molecular complexity index is 1140. The third-order valence-electron chi connectivity index (χ3n) is 4.46. The van der Waals surface area contributed by atoms with E-state index in [9.17, 15) is 4.79 Å². The molecule has 0 N–H and O–H groups in total. The van der Waals surface area contributed by atoms with Crippen LogP contribution >= 0.6 is 0 Å². The lowest BCUT2D eigenvalue weighted by atomic mass is 10.1. The highest BCUT2D eigenvalue weighted by atomic mass is 16.5. The molecule has 0 radical (unpaired) electrons. The highest BCUT2D eigenvalue weighted by Gasteiger charge is 2.16. The largest absolute Gasteiger partial charge is 0.488 e. The number of pyridine rings is 1. The zero-order valence-corrected chi connectivity index (χ0v) is 15.9. The summed E-state index contributed by atoms with van der Waals surface area (Å²) < 4.78 is 13.5. The predicted molar refractivity (Wildman–Crippen MR) is 104 cm³/mol. The summed E-state index contributed by atoms with van der Waals surface area (Å²) >= 11 is 0. The van der Waals surface area contributed by atoms with Crippen LogP contribution in [0, 0.1) is 6.92 Å². The van der Waals surface area contributed by atoms with Crippen LogP contribution in [-0.4, -0.2) is 26.0 Å². The van der Waals surface area contributed by atoms with Crippen LogP contribution in [0.2, 0.25) is 0 Å². The Hall–Kier alpha value is -3.48. The van der Waals surface area contributed by atoms with Crippen LogP contribution in [0.3, 0.4) is 0 Å². The lowest BCUT2D eigenvalue weighted by molar-refractivity contribution is 0.111. The van der Waals surface area contributed by atoms with Crippen molar-refractivity contribution in [2.45, 2.75) is 33.4 Å². The van der Waals surface area contributed by atoms with Crippen LogP contribution in [0.5, 0.6) is 5.75 Å². The first-order valence-corrected chi connectivity index (χ1v) is 9.04. The Labute approximate surface area is 162 Å². The van der Waals surface area contributed by atoms with E-state index < -0.39 is 0 Å². The maximum absolute atomic E-state index is 11.6. The quantitative estimate of drug-likeness (QED) is 0.465. The molecule has 0 atom stereocenters. The zero-order chi connectivity index (χ0) is 19.7. The molecule has 0 spiro atoms. The van der Waals surface area contributed by atoms with Gasteiger partial charge in [-0.05, 0) is 38.1 Å². The molecular formula is C21H20N4O3. The normalized spacial score (nSPS) is 11.3. The molecule has 0 bridgehead atoms. The summed E-state index contributed by atoms with van der Waals surface area (Å²) in [5.41, 5.74) is 4.06. The van der Waals surface area contributed by atoms with E-state index in [-0.39, 0.29) is 12.6 Å². The van der Waals surface area contributed by atoms with Gasteiger partial charge in [0.25, 0.3) is 0 Å². The Morgan fingerprint density at radius 1 is 1.21 bits per heavy atom. The maximum atomic E-state index is 11.6.